The van der Waals surface area contributed by atoms with Crippen molar-refractivity contribution in [3.63, 3.8) is 0 Å². The molecule has 1 atom stereocenters. The van der Waals surface area contributed by atoms with Crippen molar-refractivity contribution < 1.29 is 14.7 Å². The van der Waals surface area contributed by atoms with Crippen LogP contribution in [-0.4, -0.2) is 23.0 Å². The molecule has 0 saturated heterocycles. The van der Waals surface area contributed by atoms with E-state index in [2.05, 4.69) is 5.32 Å². The zero-order valence-corrected chi connectivity index (χ0v) is 9.20. The van der Waals surface area contributed by atoms with Gasteiger partial charge in [0.05, 0.1) is 17.9 Å². The molecule has 5 nitrogen and oxygen atoms in total. The van der Waals surface area contributed by atoms with E-state index < -0.39 is 11.4 Å². The van der Waals surface area contributed by atoms with Gasteiger partial charge in [-0.25, -0.2) is 0 Å². The number of carbonyl (C=O) groups excluding carboxylic acids is 1. The van der Waals surface area contributed by atoms with E-state index >= 15 is 0 Å². The number of rotatable bonds is 5. The van der Waals surface area contributed by atoms with Gasteiger partial charge in [-0.3, -0.25) is 9.59 Å². The minimum absolute atomic E-state index is 0.0852. The first-order valence-corrected chi connectivity index (χ1v) is 4.69. The quantitative estimate of drug-likeness (QED) is 0.708. The lowest BCUT2D eigenvalue weighted by Gasteiger charge is -2.19. The maximum absolute atomic E-state index is 11.4. The number of hydrogen-bond donors (Lipinski definition) is 2. The summed E-state index contributed by atoms with van der Waals surface area (Å²) in [7, 11) is 0. The summed E-state index contributed by atoms with van der Waals surface area (Å²) in [4.78, 5) is 22.1. The lowest BCUT2D eigenvalue weighted by molar-refractivity contribution is -0.149. The van der Waals surface area contributed by atoms with Crippen LogP contribution in [0, 0.1) is 16.7 Å². The van der Waals surface area contributed by atoms with E-state index in [4.69, 9.17) is 10.4 Å². The van der Waals surface area contributed by atoms with Crippen molar-refractivity contribution in [2.45, 2.75) is 39.7 Å². The maximum Gasteiger partial charge on any atom is 0.309 e. The Hall–Kier alpha value is -1.57. The number of carboxylic acids is 1. The number of nitrogens with zero attached hydrogens (tertiary/aromatic N) is 1. The molecule has 1 unspecified atom stereocenters. The summed E-state index contributed by atoms with van der Waals surface area (Å²) < 4.78 is 0. The van der Waals surface area contributed by atoms with Crippen LogP contribution in [0.3, 0.4) is 0 Å². The summed E-state index contributed by atoms with van der Waals surface area (Å²) in [6.45, 7) is 4.68. The molecule has 0 saturated carbocycles. The maximum atomic E-state index is 11.4. The van der Waals surface area contributed by atoms with Gasteiger partial charge in [0.15, 0.2) is 0 Å². The third-order valence-electron chi connectivity index (χ3n) is 1.99. The molecular formula is C10H16N2O3. The van der Waals surface area contributed by atoms with Gasteiger partial charge in [0.1, 0.15) is 0 Å². The van der Waals surface area contributed by atoms with Crippen LogP contribution in [-0.2, 0) is 9.59 Å². The number of carboxylic acid groups (broad SMARTS) is 1. The zero-order valence-electron chi connectivity index (χ0n) is 9.20. The molecule has 5 heteroatoms. The van der Waals surface area contributed by atoms with E-state index in [1.54, 1.807) is 6.92 Å². The topological polar surface area (TPSA) is 90.2 Å². The van der Waals surface area contributed by atoms with Crippen LogP contribution in [0.5, 0.6) is 0 Å². The van der Waals surface area contributed by atoms with Crippen molar-refractivity contribution >= 4 is 11.9 Å². The molecule has 1 amide bonds. The highest BCUT2D eigenvalue weighted by Gasteiger charge is 2.30. The molecule has 0 aliphatic heterocycles. The van der Waals surface area contributed by atoms with Gasteiger partial charge in [-0.1, -0.05) is 0 Å². The van der Waals surface area contributed by atoms with Crippen LogP contribution in [0.1, 0.15) is 33.6 Å². The number of nitriles is 1. The molecule has 0 aromatic heterocycles. The number of aliphatic carboxylic acids is 1. The van der Waals surface area contributed by atoms with Gasteiger partial charge in [-0.05, 0) is 20.8 Å². The molecule has 15 heavy (non-hydrogen) atoms. The molecular weight excluding hydrogens is 196 g/mol. The van der Waals surface area contributed by atoms with Crippen LogP contribution >= 0.6 is 0 Å². The van der Waals surface area contributed by atoms with Crippen LogP contribution in [0.15, 0.2) is 0 Å². The zero-order chi connectivity index (χ0) is 12.1. The monoisotopic (exact) mass is 212 g/mol. The summed E-state index contributed by atoms with van der Waals surface area (Å²) in [5, 5.41) is 19.7. The third-order valence-corrected chi connectivity index (χ3v) is 1.99. The molecule has 0 aliphatic carbocycles. The predicted octanol–water partition coefficient (Wildman–Crippen LogP) is 0.906. The van der Waals surface area contributed by atoms with E-state index in [9.17, 15) is 9.59 Å². The van der Waals surface area contributed by atoms with E-state index in [0.717, 1.165) is 0 Å². The van der Waals surface area contributed by atoms with Gasteiger partial charge in [0.2, 0.25) is 5.91 Å². The fraction of sp³-hybridized carbons (Fsp3) is 0.700. The van der Waals surface area contributed by atoms with E-state index in [1.165, 1.54) is 13.8 Å². The number of nitrogens with one attached hydrogen (secondary N) is 1. The first-order valence-electron chi connectivity index (χ1n) is 4.69. The Morgan fingerprint density at radius 3 is 2.47 bits per heavy atom. The van der Waals surface area contributed by atoms with Crippen LogP contribution in [0.2, 0.25) is 0 Å². The lowest BCUT2D eigenvalue weighted by Crippen LogP contribution is -2.37. The van der Waals surface area contributed by atoms with Crippen LogP contribution < -0.4 is 5.32 Å². The van der Waals surface area contributed by atoms with Crippen molar-refractivity contribution in [1.29, 1.82) is 5.26 Å². The van der Waals surface area contributed by atoms with E-state index in [0.29, 0.717) is 0 Å². The highest BCUT2D eigenvalue weighted by Crippen LogP contribution is 2.20. The Labute approximate surface area is 89.1 Å². The number of carbonyl (C=O) groups is 2. The largest absolute Gasteiger partial charge is 0.481 e. The highest BCUT2D eigenvalue weighted by molar-refractivity contribution is 5.84. The molecule has 0 heterocycles. The van der Waals surface area contributed by atoms with Crippen molar-refractivity contribution in [2.75, 3.05) is 0 Å². The Morgan fingerprint density at radius 1 is 1.53 bits per heavy atom. The third kappa shape index (κ3) is 5.01. The summed E-state index contributed by atoms with van der Waals surface area (Å²) in [5.41, 5.74) is -1.07. The van der Waals surface area contributed by atoms with Crippen molar-refractivity contribution in [2.24, 2.45) is 5.41 Å². The molecule has 0 aromatic carbocycles. The molecule has 0 radical (unpaired) electrons. The smallest absolute Gasteiger partial charge is 0.309 e. The average molecular weight is 212 g/mol. The molecule has 0 aliphatic rings. The second-order valence-corrected chi connectivity index (χ2v) is 4.20. The van der Waals surface area contributed by atoms with Crippen molar-refractivity contribution in [3.05, 3.63) is 0 Å². The Balaban J connectivity index is 4.16. The lowest BCUT2D eigenvalue weighted by atomic mass is 9.89. The van der Waals surface area contributed by atoms with E-state index in [-0.39, 0.29) is 24.8 Å². The van der Waals surface area contributed by atoms with Gasteiger partial charge >= 0.3 is 5.97 Å². The number of amides is 1. The van der Waals surface area contributed by atoms with Gasteiger partial charge < -0.3 is 10.4 Å². The minimum Gasteiger partial charge on any atom is -0.481 e. The normalized spacial score (nSPS) is 12.7. The molecule has 0 spiro atoms. The summed E-state index contributed by atoms with van der Waals surface area (Å²) >= 11 is 0. The molecule has 0 bridgehead atoms. The molecule has 0 rings (SSSR count). The molecule has 84 valence electrons. The highest BCUT2D eigenvalue weighted by atomic mass is 16.4. The first-order chi connectivity index (χ1) is 6.79. The fourth-order valence-electron chi connectivity index (χ4n) is 0.991. The summed E-state index contributed by atoms with van der Waals surface area (Å²) in [6, 6.07) is 1.68. The summed E-state index contributed by atoms with van der Waals surface area (Å²) in [5.74, 6) is -1.35. The second kappa shape index (κ2) is 5.35. The Morgan fingerprint density at radius 2 is 2.07 bits per heavy atom. The van der Waals surface area contributed by atoms with Crippen LogP contribution in [0.4, 0.5) is 0 Å². The molecule has 0 aromatic rings. The second-order valence-electron chi connectivity index (χ2n) is 4.20. The van der Waals surface area contributed by atoms with Crippen LogP contribution in [0.25, 0.3) is 0 Å². The van der Waals surface area contributed by atoms with E-state index in [1.807, 2.05) is 6.07 Å². The first kappa shape index (κ1) is 13.4. The fourth-order valence-corrected chi connectivity index (χ4v) is 0.991. The number of hydrogen-bond acceptors (Lipinski definition) is 3. The van der Waals surface area contributed by atoms with Gasteiger partial charge in [-0.15, -0.1) is 0 Å². The molecule has 0 fully saturated rings. The standard InChI is InChI=1S/C10H16N2O3/c1-7(4-5-11)12-8(13)6-10(2,3)9(14)15/h7H,4,6H2,1-3H3,(H,12,13)(H,14,15). The SMILES string of the molecule is CC(CC#N)NC(=O)CC(C)(C)C(=O)O. The minimum atomic E-state index is -1.07. The Bertz CT molecular complexity index is 292. The van der Waals surface area contributed by atoms with Crippen molar-refractivity contribution in [3.8, 4) is 6.07 Å². The molecule has 2 N–H and O–H groups in total. The average Bonchev–Trinajstić information content (AvgIpc) is 2.02. The summed E-state index contributed by atoms with van der Waals surface area (Å²) in [6.07, 6.45) is 0.136. The van der Waals surface area contributed by atoms with Crippen molar-refractivity contribution in [1.82, 2.24) is 5.32 Å². The van der Waals surface area contributed by atoms with Gasteiger partial charge in [0.25, 0.3) is 0 Å². The van der Waals surface area contributed by atoms with Gasteiger partial charge in [-0.2, -0.15) is 5.26 Å². The Kier molecular flexibility index (Phi) is 4.79. The predicted molar refractivity (Wildman–Crippen MR) is 53.9 cm³/mol. The van der Waals surface area contributed by atoms with Gasteiger partial charge in [0, 0.05) is 12.5 Å².